The van der Waals surface area contributed by atoms with Crippen LogP contribution in [0, 0.1) is 0 Å². The van der Waals surface area contributed by atoms with Crippen LogP contribution in [-0.2, 0) is 15.8 Å². The molecular formula is C22H21F6NO2. The lowest BCUT2D eigenvalue weighted by Gasteiger charge is -2.34. The predicted octanol–water partition coefficient (Wildman–Crippen LogP) is 4.90. The Labute approximate surface area is 175 Å². The molecule has 1 amide bonds. The van der Waals surface area contributed by atoms with E-state index in [9.17, 15) is 36.2 Å². The maximum absolute atomic E-state index is 13.2. The third kappa shape index (κ3) is 3.79. The van der Waals surface area contributed by atoms with Crippen LogP contribution in [0.4, 0.5) is 26.3 Å². The summed E-state index contributed by atoms with van der Waals surface area (Å²) in [7, 11) is 0. The van der Waals surface area contributed by atoms with Crippen molar-refractivity contribution >= 4 is 5.91 Å². The first-order chi connectivity index (χ1) is 14.2. The van der Waals surface area contributed by atoms with Crippen molar-refractivity contribution in [2.75, 3.05) is 13.1 Å². The van der Waals surface area contributed by atoms with Crippen LogP contribution in [0.2, 0.25) is 0 Å². The van der Waals surface area contributed by atoms with Gasteiger partial charge in [0.1, 0.15) is 0 Å². The second-order valence-corrected chi connectivity index (χ2v) is 8.06. The third-order valence-electron chi connectivity index (χ3n) is 6.12. The van der Waals surface area contributed by atoms with E-state index in [4.69, 9.17) is 0 Å². The topological polar surface area (TPSA) is 40.5 Å². The lowest BCUT2D eigenvalue weighted by molar-refractivity contribution is -0.376. The first-order valence-electron chi connectivity index (χ1n) is 9.49. The highest BCUT2D eigenvalue weighted by Gasteiger charge is 2.71. The number of likely N-dealkylation sites (tertiary alicyclic amines) is 1. The van der Waals surface area contributed by atoms with E-state index in [0.29, 0.717) is 24.2 Å². The smallest absolute Gasteiger partial charge is 0.369 e. The predicted molar refractivity (Wildman–Crippen MR) is 101 cm³/mol. The summed E-state index contributed by atoms with van der Waals surface area (Å²) >= 11 is 0. The van der Waals surface area contributed by atoms with Crippen LogP contribution in [0.25, 0.3) is 0 Å². The molecule has 0 unspecified atom stereocenters. The number of carbonyl (C=O) groups is 1. The van der Waals surface area contributed by atoms with Crippen molar-refractivity contribution in [3.8, 4) is 0 Å². The number of alkyl halides is 6. The first kappa shape index (κ1) is 23.1. The molecule has 0 spiro atoms. The van der Waals surface area contributed by atoms with Gasteiger partial charge in [-0.25, -0.2) is 0 Å². The molecule has 3 rings (SSSR count). The van der Waals surface area contributed by atoms with Crippen LogP contribution in [0.15, 0.2) is 54.6 Å². The number of amides is 1. The number of aliphatic hydroxyl groups is 1. The largest absolute Gasteiger partial charge is 0.430 e. The van der Waals surface area contributed by atoms with Gasteiger partial charge in [0.15, 0.2) is 0 Å². The Kier molecular flexibility index (Phi) is 5.63. The van der Waals surface area contributed by atoms with E-state index >= 15 is 0 Å². The van der Waals surface area contributed by atoms with Gasteiger partial charge in [0.05, 0.1) is 0 Å². The molecule has 2 aromatic rings. The summed E-state index contributed by atoms with van der Waals surface area (Å²) in [5.74, 6) is -0.539. The zero-order valence-electron chi connectivity index (χ0n) is 16.8. The minimum absolute atomic E-state index is 0.176. The van der Waals surface area contributed by atoms with Crippen molar-refractivity contribution in [1.82, 2.24) is 4.90 Å². The zero-order valence-corrected chi connectivity index (χ0v) is 16.8. The Hall–Kier alpha value is -2.55. The number of hydrogen-bond donors (Lipinski definition) is 1. The Balaban J connectivity index is 2.05. The van der Waals surface area contributed by atoms with E-state index in [1.54, 1.807) is 4.90 Å². The molecule has 168 valence electrons. The monoisotopic (exact) mass is 445 g/mol. The van der Waals surface area contributed by atoms with Crippen molar-refractivity contribution in [3.63, 3.8) is 0 Å². The lowest BCUT2D eigenvalue weighted by Crippen LogP contribution is -2.53. The fourth-order valence-electron chi connectivity index (χ4n) is 4.26. The third-order valence-corrected chi connectivity index (χ3v) is 6.12. The number of benzene rings is 2. The van der Waals surface area contributed by atoms with Gasteiger partial charge in [-0.2, -0.15) is 26.3 Å². The summed E-state index contributed by atoms with van der Waals surface area (Å²) in [5, 5.41) is 9.60. The molecule has 2 aromatic carbocycles. The van der Waals surface area contributed by atoms with Gasteiger partial charge in [0.2, 0.25) is 5.91 Å². The maximum Gasteiger partial charge on any atom is 0.430 e. The molecule has 3 nitrogen and oxygen atoms in total. The van der Waals surface area contributed by atoms with Crippen LogP contribution >= 0.6 is 0 Å². The van der Waals surface area contributed by atoms with E-state index in [0.717, 1.165) is 17.7 Å². The Morgan fingerprint density at radius 1 is 0.968 bits per heavy atom. The molecular weight excluding hydrogens is 424 g/mol. The number of nitrogens with zero attached hydrogens (tertiary/aromatic N) is 1. The van der Waals surface area contributed by atoms with Gasteiger partial charge < -0.3 is 10.0 Å². The van der Waals surface area contributed by atoms with Crippen molar-refractivity contribution in [3.05, 3.63) is 71.3 Å². The first-order valence-corrected chi connectivity index (χ1v) is 9.49. The summed E-state index contributed by atoms with van der Waals surface area (Å²) in [5.41, 5.74) is -5.50. The van der Waals surface area contributed by atoms with Crippen LogP contribution in [0.3, 0.4) is 0 Å². The SMILES string of the molecule is CC(=O)N1C[C@@H](c2ccc(C(O)(C(F)(F)F)C(F)(F)F)cc2)[C@@](C)(c2ccccc2)C1. The average molecular weight is 445 g/mol. The van der Waals surface area contributed by atoms with Crippen molar-refractivity contribution in [1.29, 1.82) is 0 Å². The molecule has 2 atom stereocenters. The number of hydrogen-bond acceptors (Lipinski definition) is 2. The van der Waals surface area contributed by atoms with E-state index < -0.39 is 28.9 Å². The molecule has 1 aliphatic rings. The van der Waals surface area contributed by atoms with E-state index in [1.165, 1.54) is 6.92 Å². The Morgan fingerprint density at radius 3 is 1.94 bits per heavy atom. The molecule has 9 heteroatoms. The van der Waals surface area contributed by atoms with Gasteiger partial charge in [0, 0.05) is 36.9 Å². The molecule has 1 heterocycles. The minimum atomic E-state index is -5.94. The number of rotatable bonds is 3. The molecule has 0 radical (unpaired) electrons. The van der Waals surface area contributed by atoms with Crippen molar-refractivity contribution < 1.29 is 36.2 Å². The molecule has 1 saturated heterocycles. The summed E-state index contributed by atoms with van der Waals surface area (Å²) in [6.07, 6.45) is -11.9. The summed E-state index contributed by atoms with van der Waals surface area (Å²) in [6, 6.07) is 12.8. The molecule has 0 aromatic heterocycles. The summed E-state index contributed by atoms with van der Waals surface area (Å²) in [6.45, 7) is 3.94. The standard InChI is InChI=1S/C22H21F6NO2/c1-14(30)29-12-18(19(2,13-29)16-6-4-3-5-7-16)15-8-10-17(11-9-15)20(31,21(23,24)25)22(26,27)28/h3-11,18,31H,12-13H2,1-2H3/t18-,19+/m0/s1. The molecule has 1 N–H and O–H groups in total. The Morgan fingerprint density at radius 2 is 1.48 bits per heavy atom. The highest BCUT2D eigenvalue weighted by atomic mass is 19.4. The van der Waals surface area contributed by atoms with Crippen LogP contribution in [0.1, 0.15) is 36.5 Å². The summed E-state index contributed by atoms with van der Waals surface area (Å²) in [4.78, 5) is 13.6. The van der Waals surface area contributed by atoms with Crippen LogP contribution in [0.5, 0.6) is 0 Å². The van der Waals surface area contributed by atoms with Crippen molar-refractivity contribution in [2.24, 2.45) is 0 Å². The fraction of sp³-hybridized carbons (Fsp3) is 0.409. The highest BCUT2D eigenvalue weighted by Crippen LogP contribution is 2.51. The van der Waals surface area contributed by atoms with Gasteiger partial charge >= 0.3 is 12.4 Å². The van der Waals surface area contributed by atoms with Gasteiger partial charge in [-0.15, -0.1) is 0 Å². The lowest BCUT2D eigenvalue weighted by atomic mass is 9.71. The van der Waals surface area contributed by atoms with E-state index in [2.05, 4.69) is 0 Å². The maximum atomic E-state index is 13.2. The minimum Gasteiger partial charge on any atom is -0.369 e. The number of carbonyl (C=O) groups excluding carboxylic acids is 1. The summed E-state index contributed by atoms with van der Waals surface area (Å²) < 4.78 is 78.9. The van der Waals surface area contributed by atoms with Gasteiger partial charge in [-0.3, -0.25) is 4.79 Å². The second kappa shape index (κ2) is 7.55. The second-order valence-electron chi connectivity index (χ2n) is 8.06. The quantitative estimate of drug-likeness (QED) is 0.683. The molecule has 1 aliphatic heterocycles. The van der Waals surface area contributed by atoms with Crippen LogP contribution < -0.4 is 0 Å². The fourth-order valence-corrected chi connectivity index (χ4v) is 4.26. The molecule has 1 fully saturated rings. The highest BCUT2D eigenvalue weighted by molar-refractivity contribution is 5.74. The van der Waals surface area contributed by atoms with Gasteiger partial charge in [-0.05, 0) is 11.1 Å². The zero-order chi connectivity index (χ0) is 23.2. The Bertz CT molecular complexity index is 925. The molecule has 31 heavy (non-hydrogen) atoms. The average Bonchev–Trinajstić information content (AvgIpc) is 3.05. The molecule has 0 aliphatic carbocycles. The van der Waals surface area contributed by atoms with Gasteiger partial charge in [-0.1, -0.05) is 61.5 Å². The molecule has 0 saturated carbocycles. The van der Waals surface area contributed by atoms with E-state index in [1.807, 2.05) is 37.3 Å². The normalized spacial score (nSPS) is 22.6. The van der Waals surface area contributed by atoms with Gasteiger partial charge in [0.25, 0.3) is 5.60 Å². The van der Waals surface area contributed by atoms with Crippen molar-refractivity contribution in [2.45, 2.75) is 43.1 Å². The van der Waals surface area contributed by atoms with Crippen LogP contribution in [-0.4, -0.2) is 41.4 Å². The number of halogens is 6. The molecule has 0 bridgehead atoms. The van der Waals surface area contributed by atoms with E-state index in [-0.39, 0.29) is 18.4 Å².